The Morgan fingerprint density at radius 2 is 2.03 bits per heavy atom. The number of nitrogens with zero attached hydrogens (tertiary/aromatic N) is 3. The third-order valence-electron chi connectivity index (χ3n) is 5.26. The summed E-state index contributed by atoms with van der Waals surface area (Å²) in [6.07, 6.45) is 7.99. The minimum absolute atomic E-state index is 0.228. The van der Waals surface area contributed by atoms with Crippen LogP contribution in [0.5, 0.6) is 0 Å². The maximum Gasteiger partial charge on any atom is 0.290 e. The van der Waals surface area contributed by atoms with Crippen LogP contribution in [-0.4, -0.2) is 54.0 Å². The highest BCUT2D eigenvalue weighted by Crippen LogP contribution is 2.32. The Balaban J connectivity index is 0.000000730. The molecular formula is C22H21N3O5S. The van der Waals surface area contributed by atoms with Gasteiger partial charge in [-0.15, -0.1) is 0 Å². The fourth-order valence-corrected chi connectivity index (χ4v) is 5.09. The first kappa shape index (κ1) is 20.8. The Kier molecular flexibility index (Phi) is 5.62. The number of carboxylic acid groups (broad SMARTS) is 1. The zero-order valence-corrected chi connectivity index (χ0v) is 17.6. The lowest BCUT2D eigenvalue weighted by molar-refractivity contribution is -0.122. The standard InChI is InChI=1S/C21H19N3O3S.CH2O2/c1-23-10-6-15(7-11-23)18-14-24(19-3-2-9-22-21(18)19)28(25,26)17-4-5-20-16(13-17)8-12-27-20;2-1-3/h2-6,8-9,12-14H,7,10-11H2,1H3;1H,(H,2,3). The van der Waals surface area contributed by atoms with E-state index in [1.807, 2.05) is 0 Å². The third kappa shape index (κ3) is 3.85. The van der Waals surface area contributed by atoms with Gasteiger partial charge in [0.25, 0.3) is 16.5 Å². The molecule has 0 bridgehead atoms. The Labute approximate surface area is 179 Å². The number of hydrogen-bond acceptors (Lipinski definition) is 6. The predicted octanol–water partition coefficient (Wildman–Crippen LogP) is 3.44. The number of pyridine rings is 1. The molecule has 0 unspecified atom stereocenters. The molecule has 0 fully saturated rings. The molecule has 0 amide bonds. The fourth-order valence-electron chi connectivity index (χ4n) is 3.70. The van der Waals surface area contributed by atoms with Crippen molar-refractivity contribution < 1.29 is 22.7 Å². The van der Waals surface area contributed by atoms with Gasteiger partial charge in [-0.25, -0.2) is 12.4 Å². The van der Waals surface area contributed by atoms with Gasteiger partial charge in [-0.1, -0.05) is 6.08 Å². The van der Waals surface area contributed by atoms with Crippen molar-refractivity contribution in [2.45, 2.75) is 11.3 Å². The summed E-state index contributed by atoms with van der Waals surface area (Å²) in [5.74, 6) is 0. The van der Waals surface area contributed by atoms with E-state index in [4.69, 9.17) is 14.3 Å². The number of likely N-dealkylation sites (N-methyl/N-ethyl adjacent to an activating group) is 1. The Morgan fingerprint density at radius 3 is 2.77 bits per heavy atom. The first-order chi connectivity index (χ1) is 15.0. The van der Waals surface area contributed by atoms with Crippen LogP contribution < -0.4 is 0 Å². The van der Waals surface area contributed by atoms with Gasteiger partial charge < -0.3 is 14.4 Å². The first-order valence-corrected chi connectivity index (χ1v) is 11.0. The van der Waals surface area contributed by atoms with Gasteiger partial charge in [0.05, 0.1) is 22.2 Å². The molecule has 0 saturated carbocycles. The maximum absolute atomic E-state index is 13.4. The smallest absolute Gasteiger partial charge is 0.290 e. The second-order valence-electron chi connectivity index (χ2n) is 7.18. The van der Waals surface area contributed by atoms with E-state index < -0.39 is 10.0 Å². The summed E-state index contributed by atoms with van der Waals surface area (Å²) in [5.41, 5.74) is 3.99. The average Bonchev–Trinajstić information content (AvgIpc) is 3.39. The minimum Gasteiger partial charge on any atom is -0.483 e. The second kappa shape index (κ2) is 8.37. The molecule has 1 N–H and O–H groups in total. The number of benzene rings is 1. The summed E-state index contributed by atoms with van der Waals surface area (Å²) in [6.45, 7) is 1.54. The van der Waals surface area contributed by atoms with Crippen LogP contribution >= 0.6 is 0 Å². The maximum atomic E-state index is 13.4. The van der Waals surface area contributed by atoms with Crippen molar-refractivity contribution in [1.82, 2.24) is 13.9 Å². The molecular weight excluding hydrogens is 418 g/mol. The van der Waals surface area contributed by atoms with Crippen LogP contribution in [0.25, 0.3) is 27.6 Å². The number of fused-ring (bicyclic) bond motifs is 2. The molecule has 3 aromatic heterocycles. The zero-order valence-electron chi connectivity index (χ0n) is 16.8. The first-order valence-electron chi connectivity index (χ1n) is 9.60. The molecule has 5 rings (SSSR count). The van der Waals surface area contributed by atoms with Crippen LogP contribution in [0.2, 0.25) is 0 Å². The molecule has 0 spiro atoms. The van der Waals surface area contributed by atoms with Crippen LogP contribution in [0, 0.1) is 0 Å². The van der Waals surface area contributed by atoms with E-state index in [0.717, 1.165) is 36.0 Å². The lowest BCUT2D eigenvalue weighted by atomic mass is 10.0. The van der Waals surface area contributed by atoms with E-state index in [1.165, 1.54) is 3.97 Å². The van der Waals surface area contributed by atoms with E-state index in [9.17, 15) is 8.42 Å². The molecule has 9 heteroatoms. The monoisotopic (exact) mass is 439 g/mol. The van der Waals surface area contributed by atoms with Crippen molar-refractivity contribution in [3.63, 3.8) is 0 Å². The van der Waals surface area contributed by atoms with Gasteiger partial charge in [0.2, 0.25) is 0 Å². The minimum atomic E-state index is -3.77. The van der Waals surface area contributed by atoms with Crippen molar-refractivity contribution in [3.8, 4) is 0 Å². The molecule has 4 aromatic rings. The fraction of sp³-hybridized carbons (Fsp3) is 0.182. The molecule has 8 nitrogen and oxygen atoms in total. The van der Waals surface area contributed by atoms with Crippen LogP contribution in [0.3, 0.4) is 0 Å². The predicted molar refractivity (Wildman–Crippen MR) is 117 cm³/mol. The van der Waals surface area contributed by atoms with Crippen molar-refractivity contribution in [1.29, 1.82) is 0 Å². The van der Waals surface area contributed by atoms with Crippen molar-refractivity contribution in [2.75, 3.05) is 20.1 Å². The Morgan fingerprint density at radius 1 is 1.23 bits per heavy atom. The lowest BCUT2D eigenvalue weighted by Gasteiger charge is -2.21. The molecule has 0 aliphatic carbocycles. The Bertz CT molecular complexity index is 1380. The van der Waals surface area contributed by atoms with Gasteiger partial charge in [0.15, 0.2) is 0 Å². The van der Waals surface area contributed by atoms with Crippen molar-refractivity contribution in [2.24, 2.45) is 0 Å². The quantitative estimate of drug-likeness (QED) is 0.488. The number of aromatic nitrogens is 2. The molecule has 1 aliphatic rings. The van der Waals surface area contributed by atoms with Crippen LogP contribution in [0.15, 0.2) is 70.4 Å². The lowest BCUT2D eigenvalue weighted by Crippen LogP contribution is -2.23. The summed E-state index contributed by atoms with van der Waals surface area (Å²) in [4.78, 5) is 15.3. The third-order valence-corrected chi connectivity index (χ3v) is 6.93. The summed E-state index contributed by atoms with van der Waals surface area (Å²) in [6, 6.07) is 10.2. The normalized spacial score (nSPS) is 14.8. The van der Waals surface area contributed by atoms with Crippen LogP contribution in [0.1, 0.15) is 12.0 Å². The number of rotatable bonds is 3. The van der Waals surface area contributed by atoms with Crippen LogP contribution in [-0.2, 0) is 14.8 Å². The SMILES string of the molecule is CN1CC=C(c2cn(S(=O)(=O)c3ccc4occc4c3)c3cccnc23)CC1.O=CO. The van der Waals surface area contributed by atoms with Crippen LogP contribution in [0.4, 0.5) is 0 Å². The van der Waals surface area contributed by atoms with E-state index in [-0.39, 0.29) is 11.4 Å². The van der Waals surface area contributed by atoms with Gasteiger partial charge in [0.1, 0.15) is 5.58 Å². The van der Waals surface area contributed by atoms with Crippen molar-refractivity contribution in [3.05, 3.63) is 66.7 Å². The topological polar surface area (TPSA) is 106 Å². The van der Waals surface area contributed by atoms with Gasteiger partial charge in [-0.3, -0.25) is 9.78 Å². The summed E-state index contributed by atoms with van der Waals surface area (Å²) < 4.78 is 33.6. The van der Waals surface area contributed by atoms with Crippen molar-refractivity contribution >= 4 is 44.1 Å². The molecule has 31 heavy (non-hydrogen) atoms. The molecule has 1 aromatic carbocycles. The molecule has 0 atom stereocenters. The molecule has 4 heterocycles. The molecule has 1 aliphatic heterocycles. The number of hydrogen-bond donors (Lipinski definition) is 1. The van der Waals surface area contributed by atoms with Gasteiger partial charge in [-0.2, -0.15) is 0 Å². The second-order valence-corrected chi connectivity index (χ2v) is 9.00. The average molecular weight is 439 g/mol. The van der Waals surface area contributed by atoms with Gasteiger partial charge in [0, 0.05) is 36.4 Å². The molecule has 0 saturated heterocycles. The molecule has 0 radical (unpaired) electrons. The highest BCUT2D eigenvalue weighted by Gasteiger charge is 2.24. The van der Waals surface area contributed by atoms with E-state index in [1.54, 1.807) is 55.1 Å². The van der Waals surface area contributed by atoms with Gasteiger partial charge >= 0.3 is 0 Å². The van der Waals surface area contributed by atoms with Gasteiger partial charge in [-0.05, 0) is 55.4 Å². The highest BCUT2D eigenvalue weighted by molar-refractivity contribution is 7.90. The number of furan rings is 1. The zero-order chi connectivity index (χ0) is 22.0. The van der Waals surface area contributed by atoms with E-state index in [2.05, 4.69) is 23.0 Å². The summed E-state index contributed by atoms with van der Waals surface area (Å²) in [7, 11) is -1.69. The van der Waals surface area contributed by atoms with E-state index >= 15 is 0 Å². The van der Waals surface area contributed by atoms with E-state index in [0.29, 0.717) is 16.6 Å². The molecule has 160 valence electrons. The largest absolute Gasteiger partial charge is 0.483 e. The summed E-state index contributed by atoms with van der Waals surface area (Å²) in [5, 5.41) is 7.65. The highest BCUT2D eigenvalue weighted by atomic mass is 32.2. The summed E-state index contributed by atoms with van der Waals surface area (Å²) >= 11 is 0. The number of carbonyl (C=O) groups is 1. The Hall–Kier alpha value is -3.43.